The third-order valence-electron chi connectivity index (χ3n) is 6.96. The number of likely N-dealkylation sites (tertiary alicyclic amines) is 1. The first-order chi connectivity index (χ1) is 18.6. The SMILES string of the molecule is FC1(F)CC1.O=C(c1cn[nH]c1C(F)(F)F)N1CC(c2nnc(C(F)(F)c3ccc(Cl)c(Cl)c3)o2)C2(CNC2)C1. The zero-order valence-corrected chi connectivity index (χ0v) is 21.6. The van der Waals surface area contributed by atoms with Crippen LogP contribution in [0.4, 0.5) is 30.7 Å². The van der Waals surface area contributed by atoms with Crippen LogP contribution in [0.2, 0.25) is 10.0 Å². The summed E-state index contributed by atoms with van der Waals surface area (Å²) in [6, 6.07) is 3.28. The van der Waals surface area contributed by atoms with Crippen molar-refractivity contribution in [1.82, 2.24) is 30.6 Å². The third-order valence-corrected chi connectivity index (χ3v) is 7.70. The first-order valence-electron chi connectivity index (χ1n) is 11.8. The summed E-state index contributed by atoms with van der Waals surface area (Å²) >= 11 is 11.7. The van der Waals surface area contributed by atoms with Crippen molar-refractivity contribution in [1.29, 1.82) is 0 Å². The van der Waals surface area contributed by atoms with E-state index in [-0.39, 0.29) is 41.9 Å². The topological polar surface area (TPSA) is 99.9 Å². The Balaban J connectivity index is 0.000000582. The summed E-state index contributed by atoms with van der Waals surface area (Å²) < 4.78 is 97.4. The standard InChI is InChI=1S/C20H15Cl2F5N6O2.C3H4F2/c21-12-2-1-9(3-13(12)22)19(23,24)17-32-31-15(35-17)11-5-33(8-18(11)6-28-7-18)16(34)10-4-29-30-14(10)20(25,26)27;4-3(5)1-2-3/h1-4,11,28H,5-8H2,(H,29,30);1-2H2. The van der Waals surface area contributed by atoms with Gasteiger partial charge < -0.3 is 14.6 Å². The van der Waals surface area contributed by atoms with Crippen LogP contribution in [-0.4, -0.2) is 63.3 Å². The Hall–Kier alpha value is -2.91. The third kappa shape index (κ3) is 5.38. The van der Waals surface area contributed by atoms with E-state index in [9.17, 15) is 26.7 Å². The highest BCUT2D eigenvalue weighted by atomic mass is 35.5. The number of nitrogens with zero attached hydrogens (tertiary/aromatic N) is 4. The molecule has 0 radical (unpaired) electrons. The average Bonchev–Trinajstić information content (AvgIpc) is 3.34. The molecule has 3 fully saturated rings. The molecular weight excluding hydrogens is 596 g/mol. The van der Waals surface area contributed by atoms with Gasteiger partial charge in [-0.05, 0) is 12.1 Å². The molecule has 1 aromatic carbocycles. The fraction of sp³-hybridized carbons (Fsp3) is 0.478. The molecule has 2 N–H and O–H groups in total. The molecule has 4 heterocycles. The van der Waals surface area contributed by atoms with E-state index in [2.05, 4.69) is 20.6 Å². The Bertz CT molecular complexity index is 1420. The van der Waals surface area contributed by atoms with Gasteiger partial charge in [0.15, 0.2) is 5.69 Å². The minimum Gasteiger partial charge on any atom is -0.419 e. The number of rotatable bonds is 4. The second-order valence-electron chi connectivity index (χ2n) is 9.87. The molecule has 40 heavy (non-hydrogen) atoms. The predicted octanol–water partition coefficient (Wildman–Crippen LogP) is 5.50. The van der Waals surface area contributed by atoms with Gasteiger partial charge in [-0.15, -0.1) is 10.2 Å². The van der Waals surface area contributed by atoms with Crippen molar-refractivity contribution >= 4 is 29.1 Å². The highest BCUT2D eigenvalue weighted by Crippen LogP contribution is 2.47. The van der Waals surface area contributed by atoms with Crippen LogP contribution in [-0.2, 0) is 12.1 Å². The fourth-order valence-corrected chi connectivity index (χ4v) is 4.81. The van der Waals surface area contributed by atoms with E-state index in [0.717, 1.165) is 18.3 Å². The Morgan fingerprint density at radius 3 is 2.30 bits per heavy atom. The van der Waals surface area contributed by atoms with Gasteiger partial charge in [-0.3, -0.25) is 9.89 Å². The van der Waals surface area contributed by atoms with Gasteiger partial charge >= 0.3 is 12.1 Å². The second-order valence-corrected chi connectivity index (χ2v) is 10.7. The summed E-state index contributed by atoms with van der Waals surface area (Å²) in [4.78, 5) is 14.1. The molecule has 1 saturated carbocycles. The van der Waals surface area contributed by atoms with Crippen molar-refractivity contribution in [2.75, 3.05) is 26.2 Å². The van der Waals surface area contributed by atoms with Crippen molar-refractivity contribution < 1.29 is 39.9 Å². The molecular formula is C23H19Cl2F7N6O2. The van der Waals surface area contributed by atoms with Crippen LogP contribution < -0.4 is 5.32 Å². The molecule has 2 aromatic heterocycles. The van der Waals surface area contributed by atoms with Crippen molar-refractivity contribution in [2.24, 2.45) is 5.41 Å². The molecule has 3 aliphatic rings. The van der Waals surface area contributed by atoms with Crippen LogP contribution in [0.5, 0.6) is 0 Å². The molecule has 1 unspecified atom stereocenters. The van der Waals surface area contributed by atoms with Crippen molar-refractivity contribution in [2.45, 2.75) is 36.8 Å². The molecule has 0 bridgehead atoms. The van der Waals surface area contributed by atoms with Gasteiger partial charge in [-0.2, -0.15) is 27.1 Å². The number of H-pyrrole nitrogens is 1. The Morgan fingerprint density at radius 2 is 1.75 bits per heavy atom. The molecule has 6 rings (SSSR count). The van der Waals surface area contributed by atoms with E-state index in [4.69, 9.17) is 27.6 Å². The number of carbonyl (C=O) groups excluding carboxylic acids is 1. The summed E-state index contributed by atoms with van der Waals surface area (Å²) in [5.41, 5.74) is -3.04. The van der Waals surface area contributed by atoms with Gasteiger partial charge in [0.1, 0.15) is 0 Å². The smallest absolute Gasteiger partial charge is 0.419 e. The van der Waals surface area contributed by atoms with Gasteiger partial charge in [-0.1, -0.05) is 29.3 Å². The number of aromatic nitrogens is 4. The number of carbonyl (C=O) groups is 1. The Labute approximate surface area is 231 Å². The fourth-order valence-electron chi connectivity index (χ4n) is 4.51. The first-order valence-corrected chi connectivity index (χ1v) is 12.5. The minimum absolute atomic E-state index is 0.0763. The lowest BCUT2D eigenvalue weighted by Crippen LogP contribution is -2.57. The average molecular weight is 615 g/mol. The maximum Gasteiger partial charge on any atom is 0.433 e. The lowest BCUT2D eigenvalue weighted by atomic mass is 9.73. The molecule has 1 spiro atoms. The highest BCUT2D eigenvalue weighted by molar-refractivity contribution is 6.42. The van der Waals surface area contributed by atoms with Crippen LogP contribution >= 0.6 is 23.2 Å². The minimum atomic E-state index is -4.80. The lowest BCUT2D eigenvalue weighted by Gasteiger charge is -2.42. The summed E-state index contributed by atoms with van der Waals surface area (Å²) in [7, 11) is 0. The maximum absolute atomic E-state index is 15.0. The van der Waals surface area contributed by atoms with Crippen LogP contribution in [0.3, 0.4) is 0 Å². The lowest BCUT2D eigenvalue weighted by molar-refractivity contribution is -0.141. The van der Waals surface area contributed by atoms with Crippen LogP contribution in [0.1, 0.15) is 52.2 Å². The van der Waals surface area contributed by atoms with Gasteiger partial charge in [0.05, 0.1) is 27.7 Å². The van der Waals surface area contributed by atoms with Crippen LogP contribution in [0.25, 0.3) is 0 Å². The van der Waals surface area contributed by atoms with E-state index >= 15 is 8.78 Å². The normalized spacial score (nSPS) is 21.1. The van der Waals surface area contributed by atoms with E-state index < -0.39 is 58.0 Å². The quantitative estimate of drug-likeness (QED) is 0.376. The van der Waals surface area contributed by atoms with Crippen LogP contribution in [0, 0.1) is 5.41 Å². The number of amides is 1. The van der Waals surface area contributed by atoms with Crippen molar-refractivity contribution in [3.05, 3.63) is 63.0 Å². The second kappa shape index (κ2) is 9.87. The maximum atomic E-state index is 15.0. The zero-order chi connectivity index (χ0) is 29.1. The van der Waals surface area contributed by atoms with E-state index in [0.29, 0.717) is 13.1 Å². The molecule has 2 aliphatic heterocycles. The predicted molar refractivity (Wildman–Crippen MR) is 125 cm³/mol. The molecule has 1 amide bonds. The molecule has 1 aliphatic carbocycles. The molecule has 3 aromatic rings. The Morgan fingerprint density at radius 1 is 1.07 bits per heavy atom. The number of nitrogens with one attached hydrogen (secondary N) is 2. The molecule has 8 nitrogen and oxygen atoms in total. The number of hydrogen-bond acceptors (Lipinski definition) is 6. The summed E-state index contributed by atoms with van der Waals surface area (Å²) in [5.74, 6) is -8.61. The molecule has 1 atom stereocenters. The van der Waals surface area contributed by atoms with Gasteiger partial charge in [-0.25, -0.2) is 8.78 Å². The van der Waals surface area contributed by atoms with Crippen LogP contribution in [0.15, 0.2) is 28.8 Å². The van der Waals surface area contributed by atoms with E-state index in [1.54, 1.807) is 0 Å². The largest absolute Gasteiger partial charge is 0.433 e. The number of benzene rings is 1. The first kappa shape index (κ1) is 28.6. The number of aromatic amines is 1. The monoisotopic (exact) mass is 614 g/mol. The highest BCUT2D eigenvalue weighted by Gasteiger charge is 2.56. The summed E-state index contributed by atoms with van der Waals surface area (Å²) in [6.07, 6.45) is -3.75. The van der Waals surface area contributed by atoms with Crippen molar-refractivity contribution in [3.8, 4) is 0 Å². The number of alkyl halides is 7. The van der Waals surface area contributed by atoms with Gasteiger partial charge in [0.2, 0.25) is 11.8 Å². The molecule has 2 saturated heterocycles. The van der Waals surface area contributed by atoms with Gasteiger partial charge in [0, 0.05) is 50.0 Å². The van der Waals surface area contributed by atoms with E-state index in [1.165, 1.54) is 11.0 Å². The molecule has 216 valence electrons. The van der Waals surface area contributed by atoms with Gasteiger partial charge in [0.25, 0.3) is 11.8 Å². The summed E-state index contributed by atoms with van der Waals surface area (Å²) in [6.45, 7) is 0.759. The zero-order valence-electron chi connectivity index (χ0n) is 20.1. The summed E-state index contributed by atoms with van der Waals surface area (Å²) in [5, 5.41) is 15.5. The Kier molecular flexibility index (Phi) is 7.06. The molecule has 17 heteroatoms. The number of hydrogen-bond donors (Lipinski definition) is 2. The number of halogens is 9. The van der Waals surface area contributed by atoms with Crippen molar-refractivity contribution in [3.63, 3.8) is 0 Å². The van der Waals surface area contributed by atoms with E-state index in [1.807, 2.05) is 5.10 Å².